The van der Waals surface area contributed by atoms with Gasteiger partial charge in [0.05, 0.1) is 12.3 Å². The molecule has 1 aromatic heterocycles. The molecule has 116 valence electrons. The molecule has 0 aliphatic rings. The lowest BCUT2D eigenvalue weighted by Gasteiger charge is -2.15. The first-order chi connectivity index (χ1) is 9.79. The Balaban J connectivity index is 3.16. The molecule has 1 aromatic rings. The molecular formula is C12H19N5O4. The van der Waals surface area contributed by atoms with E-state index in [4.69, 9.17) is 10.5 Å². The van der Waals surface area contributed by atoms with Gasteiger partial charge in [0.15, 0.2) is 5.69 Å². The minimum atomic E-state index is -0.955. The van der Waals surface area contributed by atoms with Gasteiger partial charge in [-0.2, -0.15) is 0 Å². The molecule has 1 unspecified atom stereocenters. The summed E-state index contributed by atoms with van der Waals surface area (Å²) in [5, 5.41) is 9.57. The van der Waals surface area contributed by atoms with Gasteiger partial charge in [-0.15, -0.1) is 5.10 Å². The van der Waals surface area contributed by atoms with Crippen molar-refractivity contribution in [3.05, 3.63) is 11.4 Å². The molecule has 0 bridgehead atoms. The molecule has 1 atom stereocenters. The summed E-state index contributed by atoms with van der Waals surface area (Å²) >= 11 is 0. The minimum absolute atomic E-state index is 0.0607. The number of primary amides is 1. The molecule has 0 aromatic carbocycles. The van der Waals surface area contributed by atoms with Crippen molar-refractivity contribution in [2.24, 2.45) is 5.73 Å². The Kier molecular flexibility index (Phi) is 5.39. The van der Waals surface area contributed by atoms with E-state index >= 15 is 0 Å². The number of carbonyl (C=O) groups excluding carboxylic acids is 3. The Hall–Kier alpha value is -2.45. The molecule has 0 radical (unpaired) electrons. The van der Waals surface area contributed by atoms with E-state index in [0.717, 1.165) is 0 Å². The number of hydrogen-bond acceptors (Lipinski definition) is 6. The summed E-state index contributed by atoms with van der Waals surface area (Å²) in [7, 11) is 0. The summed E-state index contributed by atoms with van der Waals surface area (Å²) < 4.78 is 6.19. The number of nitrogens with zero attached hydrogens (tertiary/aromatic N) is 3. The maximum absolute atomic E-state index is 11.8. The Labute approximate surface area is 121 Å². The van der Waals surface area contributed by atoms with E-state index in [0.29, 0.717) is 5.69 Å². The molecule has 0 spiro atoms. The summed E-state index contributed by atoms with van der Waals surface area (Å²) in [6.07, 6.45) is 0. The van der Waals surface area contributed by atoms with Crippen LogP contribution in [0, 0.1) is 0 Å². The largest absolute Gasteiger partial charge is 0.461 e. The van der Waals surface area contributed by atoms with Gasteiger partial charge in [0.25, 0.3) is 5.91 Å². The van der Waals surface area contributed by atoms with E-state index in [1.165, 1.54) is 11.6 Å². The summed E-state index contributed by atoms with van der Waals surface area (Å²) in [6, 6.07) is -1.80. The van der Waals surface area contributed by atoms with Crippen LogP contribution in [-0.2, 0) is 9.53 Å². The fraction of sp³-hybridized carbons (Fsp3) is 0.583. The van der Waals surface area contributed by atoms with Crippen LogP contribution in [0.3, 0.4) is 0 Å². The SMILES string of the molecule is CCOC(=O)c1nnn(C(C)C(=O)NC(N)=O)c1C(C)C. The van der Waals surface area contributed by atoms with Crippen molar-refractivity contribution in [1.82, 2.24) is 20.3 Å². The predicted molar refractivity (Wildman–Crippen MR) is 72.5 cm³/mol. The number of ether oxygens (including phenoxy) is 1. The summed E-state index contributed by atoms with van der Waals surface area (Å²) in [5.41, 5.74) is 5.43. The summed E-state index contributed by atoms with van der Waals surface area (Å²) in [6.45, 7) is 7.07. The van der Waals surface area contributed by atoms with Crippen molar-refractivity contribution >= 4 is 17.9 Å². The maximum atomic E-state index is 11.8. The Morgan fingerprint density at radius 1 is 1.33 bits per heavy atom. The van der Waals surface area contributed by atoms with Gasteiger partial charge in [-0.3, -0.25) is 10.1 Å². The van der Waals surface area contributed by atoms with Crippen molar-refractivity contribution in [3.8, 4) is 0 Å². The second-order valence-corrected chi connectivity index (χ2v) is 4.67. The second kappa shape index (κ2) is 6.82. The highest BCUT2D eigenvalue weighted by molar-refractivity contribution is 5.95. The number of esters is 1. The fourth-order valence-electron chi connectivity index (χ4n) is 1.81. The molecule has 3 amide bonds. The number of nitrogens with one attached hydrogen (secondary N) is 1. The van der Waals surface area contributed by atoms with Gasteiger partial charge < -0.3 is 10.5 Å². The van der Waals surface area contributed by atoms with Crippen LogP contribution < -0.4 is 11.1 Å². The van der Waals surface area contributed by atoms with E-state index in [9.17, 15) is 14.4 Å². The highest BCUT2D eigenvalue weighted by Gasteiger charge is 2.28. The molecule has 0 saturated heterocycles. The normalized spacial score (nSPS) is 12.0. The van der Waals surface area contributed by atoms with Crippen LogP contribution in [0.2, 0.25) is 0 Å². The van der Waals surface area contributed by atoms with Crippen LogP contribution in [0.15, 0.2) is 0 Å². The van der Waals surface area contributed by atoms with Gasteiger partial charge in [-0.25, -0.2) is 14.3 Å². The first kappa shape index (κ1) is 16.6. The number of rotatable bonds is 5. The number of hydrogen-bond donors (Lipinski definition) is 2. The van der Waals surface area contributed by atoms with Crippen LogP contribution in [0.1, 0.15) is 55.8 Å². The predicted octanol–water partition coefficient (Wildman–Crippen LogP) is 0.334. The molecule has 3 N–H and O–H groups in total. The third kappa shape index (κ3) is 3.77. The van der Waals surface area contributed by atoms with E-state index in [-0.39, 0.29) is 18.2 Å². The van der Waals surface area contributed by atoms with Crippen molar-refractivity contribution in [3.63, 3.8) is 0 Å². The van der Waals surface area contributed by atoms with Crippen LogP contribution in [0.4, 0.5) is 4.79 Å². The number of amides is 3. The lowest BCUT2D eigenvalue weighted by molar-refractivity contribution is -0.123. The Morgan fingerprint density at radius 2 is 1.95 bits per heavy atom. The molecule has 9 nitrogen and oxygen atoms in total. The molecule has 0 aliphatic carbocycles. The van der Waals surface area contributed by atoms with Gasteiger partial charge in [0, 0.05) is 0 Å². The smallest absolute Gasteiger partial charge is 0.360 e. The highest BCUT2D eigenvalue weighted by atomic mass is 16.5. The number of nitrogens with two attached hydrogens (primary N) is 1. The molecule has 1 heterocycles. The average Bonchev–Trinajstić information content (AvgIpc) is 2.81. The molecular weight excluding hydrogens is 278 g/mol. The van der Waals surface area contributed by atoms with E-state index in [1.807, 2.05) is 19.2 Å². The number of carbonyl (C=O) groups is 3. The van der Waals surface area contributed by atoms with Crippen LogP contribution in [0.25, 0.3) is 0 Å². The molecule has 0 saturated carbocycles. The number of urea groups is 1. The zero-order valence-corrected chi connectivity index (χ0v) is 12.4. The van der Waals surface area contributed by atoms with Crippen LogP contribution in [-0.4, -0.2) is 39.5 Å². The van der Waals surface area contributed by atoms with Crippen molar-refractivity contribution < 1.29 is 19.1 Å². The van der Waals surface area contributed by atoms with Gasteiger partial charge in [0.1, 0.15) is 6.04 Å². The zero-order chi connectivity index (χ0) is 16.2. The van der Waals surface area contributed by atoms with Gasteiger partial charge >= 0.3 is 12.0 Å². The van der Waals surface area contributed by atoms with Crippen molar-refractivity contribution in [2.75, 3.05) is 6.61 Å². The van der Waals surface area contributed by atoms with Crippen LogP contribution >= 0.6 is 0 Å². The third-order valence-corrected chi connectivity index (χ3v) is 2.74. The van der Waals surface area contributed by atoms with E-state index < -0.39 is 23.9 Å². The standard InChI is InChI=1S/C12H19N5O4/c1-5-21-11(19)8-9(6(2)3)17(16-15-8)7(4)10(18)14-12(13)20/h6-7H,5H2,1-4H3,(H3,13,14,18,20). The quantitative estimate of drug-likeness (QED) is 0.753. The van der Waals surface area contributed by atoms with E-state index in [2.05, 4.69) is 10.3 Å². The number of imide groups is 1. The number of aromatic nitrogens is 3. The van der Waals surface area contributed by atoms with Crippen molar-refractivity contribution in [2.45, 2.75) is 39.7 Å². The van der Waals surface area contributed by atoms with E-state index in [1.54, 1.807) is 6.92 Å². The van der Waals surface area contributed by atoms with Gasteiger partial charge in [-0.05, 0) is 19.8 Å². The monoisotopic (exact) mass is 297 g/mol. The molecule has 0 aliphatic heterocycles. The third-order valence-electron chi connectivity index (χ3n) is 2.74. The fourth-order valence-corrected chi connectivity index (χ4v) is 1.81. The lowest BCUT2D eigenvalue weighted by atomic mass is 10.1. The average molecular weight is 297 g/mol. The topological polar surface area (TPSA) is 129 Å². The lowest BCUT2D eigenvalue weighted by Crippen LogP contribution is -2.39. The molecule has 9 heteroatoms. The van der Waals surface area contributed by atoms with Gasteiger partial charge in [0.2, 0.25) is 0 Å². The first-order valence-electron chi connectivity index (χ1n) is 6.52. The Morgan fingerprint density at radius 3 is 2.43 bits per heavy atom. The molecule has 1 rings (SSSR count). The molecule has 21 heavy (non-hydrogen) atoms. The Bertz CT molecular complexity index is 552. The molecule has 0 fully saturated rings. The van der Waals surface area contributed by atoms with Crippen molar-refractivity contribution in [1.29, 1.82) is 0 Å². The summed E-state index contributed by atoms with van der Waals surface area (Å²) in [5.74, 6) is -1.36. The van der Waals surface area contributed by atoms with Gasteiger partial charge in [-0.1, -0.05) is 19.1 Å². The second-order valence-electron chi connectivity index (χ2n) is 4.67. The zero-order valence-electron chi connectivity index (χ0n) is 12.4. The first-order valence-corrected chi connectivity index (χ1v) is 6.52. The summed E-state index contributed by atoms with van der Waals surface area (Å²) in [4.78, 5) is 34.4. The highest BCUT2D eigenvalue weighted by Crippen LogP contribution is 2.21. The maximum Gasteiger partial charge on any atom is 0.360 e. The van der Waals surface area contributed by atoms with Crippen LogP contribution in [0.5, 0.6) is 0 Å². The minimum Gasteiger partial charge on any atom is -0.461 e.